The molecule has 1 amide bonds. The lowest BCUT2D eigenvalue weighted by atomic mass is 10.2. The second kappa shape index (κ2) is 8.93. The van der Waals surface area contributed by atoms with Crippen molar-refractivity contribution in [1.29, 1.82) is 0 Å². The van der Waals surface area contributed by atoms with Gasteiger partial charge in [-0.25, -0.2) is 9.18 Å². The van der Waals surface area contributed by atoms with Gasteiger partial charge in [-0.2, -0.15) is 4.98 Å². The zero-order valence-corrected chi connectivity index (χ0v) is 17.2. The number of hydrogen-bond acceptors (Lipinski definition) is 5. The second-order valence-corrected chi connectivity index (χ2v) is 7.02. The Hall–Kier alpha value is -3.43. The number of amides is 1. The molecule has 0 spiro atoms. The number of anilines is 1. The minimum absolute atomic E-state index is 0.0459. The van der Waals surface area contributed by atoms with Gasteiger partial charge in [0.1, 0.15) is 5.82 Å². The number of hydrogen-bond donors (Lipinski definition) is 2. The highest BCUT2D eigenvalue weighted by molar-refractivity contribution is 5.76. The third-order valence-electron chi connectivity index (χ3n) is 4.84. The molecule has 0 fully saturated rings. The van der Waals surface area contributed by atoms with E-state index < -0.39 is 17.1 Å². The predicted molar refractivity (Wildman–Crippen MR) is 112 cm³/mol. The number of benzene rings is 1. The minimum Gasteiger partial charge on any atom is -0.354 e. The van der Waals surface area contributed by atoms with Gasteiger partial charge < -0.3 is 10.6 Å². The maximum atomic E-state index is 14.3. The van der Waals surface area contributed by atoms with Crippen molar-refractivity contribution in [2.24, 2.45) is 14.1 Å². The van der Waals surface area contributed by atoms with Gasteiger partial charge in [-0.15, -0.1) is 0 Å². The number of carbonyl (C=O) groups excluding carboxylic acids is 1. The summed E-state index contributed by atoms with van der Waals surface area (Å²) in [5, 5.41) is 5.87. The van der Waals surface area contributed by atoms with Crippen LogP contribution in [0.15, 0.2) is 33.9 Å². The first kappa shape index (κ1) is 21.3. The predicted octanol–water partition coefficient (Wildman–Crippen LogP) is 0.949. The van der Waals surface area contributed by atoms with Crippen LogP contribution in [0.2, 0.25) is 0 Å². The third kappa shape index (κ3) is 4.12. The van der Waals surface area contributed by atoms with E-state index in [-0.39, 0.29) is 23.6 Å². The van der Waals surface area contributed by atoms with E-state index in [1.165, 1.54) is 24.7 Å². The minimum atomic E-state index is -0.513. The first-order chi connectivity index (χ1) is 14.3. The standard InChI is InChI=1S/C20H25FN6O3/c1-4-7-15(28)22-10-11-23-19-24-17-16(18(29)26(3)20(30)25(17)2)27(19)12-13-8-5-6-9-14(13)21/h5-6,8-9H,4,7,10-12H2,1-3H3,(H,22,28)(H,23,24). The van der Waals surface area contributed by atoms with E-state index in [0.29, 0.717) is 31.0 Å². The summed E-state index contributed by atoms with van der Waals surface area (Å²) in [7, 11) is 2.92. The summed E-state index contributed by atoms with van der Waals surface area (Å²) < 4.78 is 18.1. The fourth-order valence-corrected chi connectivity index (χ4v) is 3.22. The molecule has 0 radical (unpaired) electrons. The molecule has 0 atom stereocenters. The summed E-state index contributed by atoms with van der Waals surface area (Å²) in [5.41, 5.74) is -0.230. The molecule has 9 nitrogen and oxygen atoms in total. The van der Waals surface area contributed by atoms with Crippen molar-refractivity contribution in [3.05, 3.63) is 56.5 Å². The molecule has 2 heterocycles. The van der Waals surface area contributed by atoms with Crippen molar-refractivity contribution < 1.29 is 9.18 Å². The summed E-state index contributed by atoms with van der Waals surface area (Å²) in [4.78, 5) is 41.1. The molecule has 3 aromatic rings. The van der Waals surface area contributed by atoms with E-state index in [1.54, 1.807) is 22.8 Å². The van der Waals surface area contributed by atoms with E-state index in [2.05, 4.69) is 15.6 Å². The van der Waals surface area contributed by atoms with Crippen molar-refractivity contribution >= 4 is 23.0 Å². The van der Waals surface area contributed by atoms with Gasteiger partial charge in [-0.05, 0) is 12.5 Å². The molecular weight excluding hydrogens is 391 g/mol. The van der Waals surface area contributed by atoms with Gasteiger partial charge in [-0.1, -0.05) is 25.1 Å². The van der Waals surface area contributed by atoms with Crippen LogP contribution in [-0.4, -0.2) is 37.7 Å². The number of aryl methyl sites for hydroxylation is 1. The highest BCUT2D eigenvalue weighted by Crippen LogP contribution is 2.19. The first-order valence-corrected chi connectivity index (χ1v) is 9.75. The van der Waals surface area contributed by atoms with Gasteiger partial charge in [0.25, 0.3) is 5.56 Å². The van der Waals surface area contributed by atoms with Crippen molar-refractivity contribution in [2.45, 2.75) is 26.3 Å². The average molecular weight is 416 g/mol. The zero-order valence-electron chi connectivity index (χ0n) is 17.2. The Kier molecular flexibility index (Phi) is 6.34. The molecule has 30 heavy (non-hydrogen) atoms. The van der Waals surface area contributed by atoms with Crippen LogP contribution in [0.4, 0.5) is 10.3 Å². The molecule has 10 heteroatoms. The van der Waals surface area contributed by atoms with E-state index in [1.807, 2.05) is 6.92 Å². The first-order valence-electron chi connectivity index (χ1n) is 9.75. The number of nitrogens with one attached hydrogen (secondary N) is 2. The molecule has 2 aromatic heterocycles. The summed E-state index contributed by atoms with van der Waals surface area (Å²) in [6.07, 6.45) is 1.21. The molecule has 0 unspecified atom stereocenters. The molecule has 0 aliphatic rings. The number of aromatic nitrogens is 4. The topological polar surface area (TPSA) is 103 Å². The largest absolute Gasteiger partial charge is 0.354 e. The van der Waals surface area contributed by atoms with Crippen LogP contribution in [0.3, 0.4) is 0 Å². The van der Waals surface area contributed by atoms with Gasteiger partial charge in [0, 0.05) is 39.2 Å². The van der Waals surface area contributed by atoms with E-state index in [9.17, 15) is 18.8 Å². The van der Waals surface area contributed by atoms with Crippen LogP contribution < -0.4 is 21.9 Å². The number of carbonyl (C=O) groups is 1. The monoisotopic (exact) mass is 416 g/mol. The van der Waals surface area contributed by atoms with Crippen molar-refractivity contribution in [3.63, 3.8) is 0 Å². The van der Waals surface area contributed by atoms with Crippen LogP contribution in [0.5, 0.6) is 0 Å². The number of fused-ring (bicyclic) bond motifs is 1. The molecule has 2 N–H and O–H groups in total. The van der Waals surface area contributed by atoms with Crippen LogP contribution in [0.25, 0.3) is 11.2 Å². The molecule has 0 bridgehead atoms. The quantitative estimate of drug-likeness (QED) is 0.532. The lowest BCUT2D eigenvalue weighted by molar-refractivity contribution is -0.121. The van der Waals surface area contributed by atoms with Gasteiger partial charge in [0.15, 0.2) is 11.2 Å². The molecule has 0 aliphatic heterocycles. The van der Waals surface area contributed by atoms with Gasteiger partial charge >= 0.3 is 5.69 Å². The summed E-state index contributed by atoms with van der Waals surface area (Å²) in [6.45, 7) is 2.69. The summed E-state index contributed by atoms with van der Waals surface area (Å²) >= 11 is 0. The van der Waals surface area contributed by atoms with E-state index >= 15 is 0 Å². The van der Waals surface area contributed by atoms with E-state index in [4.69, 9.17) is 0 Å². The Balaban J connectivity index is 2.00. The average Bonchev–Trinajstić information content (AvgIpc) is 3.08. The fourth-order valence-electron chi connectivity index (χ4n) is 3.22. The van der Waals surface area contributed by atoms with Gasteiger partial charge in [0.05, 0.1) is 6.54 Å². The maximum Gasteiger partial charge on any atom is 0.332 e. The van der Waals surface area contributed by atoms with E-state index in [0.717, 1.165) is 11.0 Å². The summed E-state index contributed by atoms with van der Waals surface area (Å²) in [5.74, 6) is -0.134. The highest BCUT2D eigenvalue weighted by atomic mass is 19.1. The Morgan fingerprint density at radius 2 is 1.87 bits per heavy atom. The third-order valence-corrected chi connectivity index (χ3v) is 4.84. The molecule has 0 saturated carbocycles. The van der Waals surface area contributed by atoms with Crippen LogP contribution in [-0.2, 0) is 25.4 Å². The number of rotatable bonds is 8. The van der Waals surface area contributed by atoms with Crippen molar-refractivity contribution in [3.8, 4) is 0 Å². The highest BCUT2D eigenvalue weighted by Gasteiger charge is 2.20. The Morgan fingerprint density at radius 3 is 2.57 bits per heavy atom. The smallest absolute Gasteiger partial charge is 0.332 e. The van der Waals surface area contributed by atoms with Crippen molar-refractivity contribution in [1.82, 2.24) is 24.0 Å². The molecule has 1 aromatic carbocycles. The molecule has 160 valence electrons. The number of nitrogens with zero attached hydrogens (tertiary/aromatic N) is 4. The Bertz CT molecular complexity index is 1190. The molecule has 0 saturated heterocycles. The maximum absolute atomic E-state index is 14.3. The number of halogens is 1. The van der Waals surface area contributed by atoms with Crippen LogP contribution in [0.1, 0.15) is 25.3 Å². The van der Waals surface area contributed by atoms with Crippen LogP contribution in [0, 0.1) is 5.82 Å². The van der Waals surface area contributed by atoms with Crippen molar-refractivity contribution in [2.75, 3.05) is 18.4 Å². The Morgan fingerprint density at radius 1 is 1.13 bits per heavy atom. The summed E-state index contributed by atoms with van der Waals surface area (Å²) in [6, 6.07) is 6.27. The van der Waals surface area contributed by atoms with Crippen LogP contribution >= 0.6 is 0 Å². The van der Waals surface area contributed by atoms with Gasteiger partial charge in [-0.3, -0.25) is 23.3 Å². The lowest BCUT2D eigenvalue weighted by Gasteiger charge is -2.12. The molecular formula is C20H25FN6O3. The molecule has 3 rings (SSSR count). The fraction of sp³-hybridized carbons (Fsp3) is 0.400. The molecule has 0 aliphatic carbocycles. The Labute approximate surface area is 172 Å². The second-order valence-electron chi connectivity index (χ2n) is 7.02. The zero-order chi connectivity index (χ0) is 21.8. The lowest BCUT2D eigenvalue weighted by Crippen LogP contribution is -2.37. The normalized spacial score (nSPS) is 11.1. The number of imidazole rings is 1. The SMILES string of the molecule is CCCC(=O)NCCNc1nc2c(c(=O)n(C)c(=O)n2C)n1Cc1ccccc1F. The van der Waals surface area contributed by atoms with Gasteiger partial charge in [0.2, 0.25) is 11.9 Å².